The molecule has 0 aliphatic heterocycles. The number of nitrogen functional groups attached to an aromatic ring is 1. The van der Waals surface area contributed by atoms with Crippen LogP contribution in [0.1, 0.15) is 0 Å². The van der Waals surface area contributed by atoms with E-state index in [1.54, 1.807) is 7.05 Å². The maximum Gasteiger partial charge on any atom is 0.199 e. The first-order valence-electron chi connectivity index (χ1n) is 2.90. The van der Waals surface area contributed by atoms with Gasteiger partial charge in [-0.25, -0.2) is 8.42 Å². The number of hydrogen-bond donors (Lipinski definition) is 1. The maximum absolute atomic E-state index is 10.9. The Morgan fingerprint density at radius 1 is 1.64 bits per heavy atom. The molecule has 0 unspecified atom stereocenters. The molecule has 11 heavy (non-hydrogen) atoms. The molecule has 6 heteroatoms. The molecular formula is C5H9N3O2S. The molecule has 0 spiro atoms. The molecule has 1 heterocycles. The summed E-state index contributed by atoms with van der Waals surface area (Å²) in [7, 11) is -1.65. The van der Waals surface area contributed by atoms with Crippen LogP contribution in [0.4, 0.5) is 5.69 Å². The van der Waals surface area contributed by atoms with Crippen molar-refractivity contribution < 1.29 is 8.42 Å². The number of nitrogens with two attached hydrogens (primary N) is 1. The molecule has 1 aromatic rings. The van der Waals surface area contributed by atoms with Crippen LogP contribution in [0.5, 0.6) is 0 Å². The van der Waals surface area contributed by atoms with Gasteiger partial charge >= 0.3 is 0 Å². The van der Waals surface area contributed by atoms with Gasteiger partial charge in [0.2, 0.25) is 0 Å². The summed E-state index contributed by atoms with van der Waals surface area (Å²) >= 11 is 0. The van der Waals surface area contributed by atoms with Crippen LogP contribution < -0.4 is 5.73 Å². The van der Waals surface area contributed by atoms with Crippen LogP contribution in [-0.4, -0.2) is 24.5 Å². The molecule has 0 fully saturated rings. The van der Waals surface area contributed by atoms with Gasteiger partial charge in [0, 0.05) is 19.5 Å². The van der Waals surface area contributed by atoms with E-state index in [1.165, 1.54) is 10.9 Å². The first kappa shape index (κ1) is 8.06. The average molecular weight is 175 g/mol. The smallest absolute Gasteiger partial charge is 0.199 e. The topological polar surface area (TPSA) is 78.0 Å². The Hall–Kier alpha value is -1.04. The van der Waals surface area contributed by atoms with Crippen molar-refractivity contribution in [2.45, 2.75) is 5.03 Å². The second kappa shape index (κ2) is 2.23. The van der Waals surface area contributed by atoms with Crippen LogP contribution >= 0.6 is 0 Å². The monoisotopic (exact) mass is 175 g/mol. The quantitative estimate of drug-likeness (QED) is 0.618. The predicted molar refractivity (Wildman–Crippen MR) is 40.7 cm³/mol. The van der Waals surface area contributed by atoms with Crippen molar-refractivity contribution in [1.82, 2.24) is 9.78 Å². The molecule has 0 atom stereocenters. The van der Waals surface area contributed by atoms with Crippen molar-refractivity contribution in [2.24, 2.45) is 7.05 Å². The summed E-state index contributed by atoms with van der Waals surface area (Å²) in [5, 5.41) is 3.63. The lowest BCUT2D eigenvalue weighted by atomic mass is 10.6. The van der Waals surface area contributed by atoms with Gasteiger partial charge in [-0.3, -0.25) is 4.68 Å². The summed E-state index contributed by atoms with van der Waals surface area (Å²) in [6.07, 6.45) is 2.53. The molecule has 0 aromatic carbocycles. The van der Waals surface area contributed by atoms with Gasteiger partial charge in [-0.15, -0.1) is 0 Å². The summed E-state index contributed by atoms with van der Waals surface area (Å²) in [5.41, 5.74) is 5.55. The molecule has 2 N–H and O–H groups in total. The second-order valence-corrected chi connectivity index (χ2v) is 4.27. The van der Waals surface area contributed by atoms with Gasteiger partial charge in [0.1, 0.15) is 0 Å². The highest BCUT2D eigenvalue weighted by atomic mass is 32.2. The molecule has 0 saturated heterocycles. The molecule has 0 bridgehead atoms. The second-order valence-electron chi connectivity index (χ2n) is 2.34. The van der Waals surface area contributed by atoms with Gasteiger partial charge < -0.3 is 5.73 Å². The van der Waals surface area contributed by atoms with Crippen LogP contribution in [-0.2, 0) is 16.9 Å². The Morgan fingerprint density at radius 2 is 2.18 bits per heavy atom. The van der Waals surface area contributed by atoms with Crippen molar-refractivity contribution in [3.8, 4) is 0 Å². The van der Waals surface area contributed by atoms with E-state index in [-0.39, 0.29) is 10.7 Å². The number of nitrogens with zero attached hydrogens (tertiary/aromatic N) is 2. The Kier molecular flexibility index (Phi) is 1.63. The lowest BCUT2D eigenvalue weighted by molar-refractivity contribution is 0.594. The van der Waals surface area contributed by atoms with Crippen LogP contribution in [0, 0.1) is 0 Å². The average Bonchev–Trinajstić information content (AvgIpc) is 2.08. The fourth-order valence-corrected chi connectivity index (χ4v) is 1.53. The minimum atomic E-state index is -3.27. The lowest BCUT2D eigenvalue weighted by Crippen LogP contribution is -2.01. The van der Waals surface area contributed by atoms with Crippen molar-refractivity contribution >= 4 is 15.5 Å². The zero-order valence-corrected chi connectivity index (χ0v) is 7.09. The van der Waals surface area contributed by atoms with E-state index in [0.717, 1.165) is 6.26 Å². The van der Waals surface area contributed by atoms with Gasteiger partial charge in [0.25, 0.3) is 0 Å². The molecular weight excluding hydrogens is 166 g/mol. The molecule has 5 nitrogen and oxygen atoms in total. The van der Waals surface area contributed by atoms with Crippen LogP contribution in [0.15, 0.2) is 11.2 Å². The normalized spacial score (nSPS) is 11.8. The Balaban J connectivity index is 3.36. The van der Waals surface area contributed by atoms with Gasteiger partial charge in [0.15, 0.2) is 14.9 Å². The summed E-state index contributed by atoms with van der Waals surface area (Å²) in [5.74, 6) is 0. The van der Waals surface area contributed by atoms with Crippen LogP contribution in [0.3, 0.4) is 0 Å². The molecule has 0 aliphatic rings. The zero-order valence-electron chi connectivity index (χ0n) is 6.27. The third kappa shape index (κ3) is 1.51. The van der Waals surface area contributed by atoms with E-state index in [2.05, 4.69) is 5.10 Å². The van der Waals surface area contributed by atoms with Gasteiger partial charge in [0.05, 0.1) is 5.69 Å². The number of anilines is 1. The molecule has 0 saturated carbocycles. The molecule has 0 radical (unpaired) electrons. The predicted octanol–water partition coefficient (Wildman–Crippen LogP) is -0.594. The van der Waals surface area contributed by atoms with E-state index >= 15 is 0 Å². The lowest BCUT2D eigenvalue weighted by Gasteiger charge is -1.90. The number of aromatic nitrogens is 2. The summed E-state index contributed by atoms with van der Waals surface area (Å²) in [6.45, 7) is 0. The van der Waals surface area contributed by atoms with Crippen LogP contribution in [0.25, 0.3) is 0 Å². The van der Waals surface area contributed by atoms with E-state index in [4.69, 9.17) is 5.73 Å². The minimum Gasteiger partial charge on any atom is -0.395 e. The van der Waals surface area contributed by atoms with E-state index in [1.807, 2.05) is 0 Å². The standard InChI is InChI=1S/C5H9N3O2S/c1-8-3-4(6)5(7-8)11(2,9)10/h3H,6H2,1-2H3. The van der Waals surface area contributed by atoms with E-state index < -0.39 is 9.84 Å². The molecule has 0 amide bonds. The largest absolute Gasteiger partial charge is 0.395 e. The number of hydrogen-bond acceptors (Lipinski definition) is 4. The first-order valence-corrected chi connectivity index (χ1v) is 4.79. The summed E-state index contributed by atoms with van der Waals surface area (Å²) in [4.78, 5) is 0. The van der Waals surface area contributed by atoms with Crippen molar-refractivity contribution in [2.75, 3.05) is 12.0 Å². The minimum absolute atomic E-state index is 0.0556. The van der Waals surface area contributed by atoms with Crippen molar-refractivity contribution in [3.63, 3.8) is 0 Å². The highest BCUT2D eigenvalue weighted by molar-refractivity contribution is 7.90. The Bertz CT molecular complexity index is 365. The fourth-order valence-electron chi connectivity index (χ4n) is 0.775. The van der Waals surface area contributed by atoms with Gasteiger partial charge in [-0.1, -0.05) is 0 Å². The van der Waals surface area contributed by atoms with Gasteiger partial charge in [-0.2, -0.15) is 5.10 Å². The van der Waals surface area contributed by atoms with Crippen molar-refractivity contribution in [1.29, 1.82) is 0 Å². The number of aryl methyl sites for hydroxylation is 1. The maximum atomic E-state index is 10.9. The molecule has 1 rings (SSSR count). The number of sulfone groups is 1. The van der Waals surface area contributed by atoms with E-state index in [0.29, 0.717) is 0 Å². The third-order valence-corrected chi connectivity index (χ3v) is 2.19. The van der Waals surface area contributed by atoms with E-state index in [9.17, 15) is 8.42 Å². The first-order chi connectivity index (χ1) is 4.91. The molecule has 62 valence electrons. The summed E-state index contributed by atoms with van der Waals surface area (Å²) in [6, 6.07) is 0. The third-order valence-electron chi connectivity index (χ3n) is 1.17. The van der Waals surface area contributed by atoms with Crippen molar-refractivity contribution in [3.05, 3.63) is 6.20 Å². The number of rotatable bonds is 1. The highest BCUT2D eigenvalue weighted by Crippen LogP contribution is 2.13. The zero-order chi connectivity index (χ0) is 8.65. The van der Waals surface area contributed by atoms with Crippen LogP contribution in [0.2, 0.25) is 0 Å². The van der Waals surface area contributed by atoms with Gasteiger partial charge in [-0.05, 0) is 0 Å². The Labute approximate surface area is 64.7 Å². The Morgan fingerprint density at radius 3 is 2.36 bits per heavy atom. The molecule has 1 aromatic heterocycles. The summed E-state index contributed by atoms with van der Waals surface area (Å²) < 4.78 is 23.2. The highest BCUT2D eigenvalue weighted by Gasteiger charge is 2.14. The molecule has 0 aliphatic carbocycles. The SMILES string of the molecule is Cn1cc(N)c(S(C)(=O)=O)n1. The fraction of sp³-hybridized carbons (Fsp3) is 0.400.